The number of carboxylic acid groups (broad SMARTS) is 1. The molecule has 0 radical (unpaired) electrons. The fourth-order valence-electron chi connectivity index (χ4n) is 2.07. The Bertz CT molecular complexity index is 486. The van der Waals surface area contributed by atoms with E-state index in [0.29, 0.717) is 18.7 Å². The van der Waals surface area contributed by atoms with Crippen LogP contribution in [0.25, 0.3) is 0 Å². The summed E-state index contributed by atoms with van der Waals surface area (Å²) >= 11 is 0. The molecule has 2 N–H and O–H groups in total. The molecule has 2 rings (SSSR count). The standard InChI is InChI=1S/C13H15NO4/c1-2-14(8-4-3-5-9(15)6-8)12(16)10-7-11(10)13(17)18/h3-6,10-11,15H,2,7H2,1H3,(H,17,18). The van der Waals surface area contributed by atoms with Gasteiger partial charge < -0.3 is 15.1 Å². The Hall–Kier alpha value is -2.04. The first-order valence-corrected chi connectivity index (χ1v) is 5.87. The Morgan fingerprint density at radius 1 is 1.39 bits per heavy atom. The van der Waals surface area contributed by atoms with Crippen molar-refractivity contribution in [3.63, 3.8) is 0 Å². The molecule has 0 aliphatic heterocycles. The molecular formula is C13H15NO4. The van der Waals surface area contributed by atoms with Gasteiger partial charge in [0.2, 0.25) is 5.91 Å². The Morgan fingerprint density at radius 2 is 2.11 bits per heavy atom. The number of carbonyl (C=O) groups excluding carboxylic acids is 1. The molecule has 0 saturated heterocycles. The predicted octanol–water partition coefficient (Wildman–Crippen LogP) is 1.47. The van der Waals surface area contributed by atoms with Gasteiger partial charge in [0.25, 0.3) is 0 Å². The summed E-state index contributed by atoms with van der Waals surface area (Å²) in [4.78, 5) is 24.4. The van der Waals surface area contributed by atoms with Crippen LogP contribution < -0.4 is 4.90 Å². The molecule has 5 nitrogen and oxygen atoms in total. The number of anilines is 1. The van der Waals surface area contributed by atoms with Crippen molar-refractivity contribution in [2.75, 3.05) is 11.4 Å². The fourth-order valence-corrected chi connectivity index (χ4v) is 2.07. The second-order valence-electron chi connectivity index (χ2n) is 4.39. The first kappa shape index (κ1) is 12.4. The number of amides is 1. The molecule has 0 aromatic heterocycles. The third-order valence-electron chi connectivity index (χ3n) is 3.15. The van der Waals surface area contributed by atoms with E-state index in [1.807, 2.05) is 6.92 Å². The summed E-state index contributed by atoms with van der Waals surface area (Å²) in [6.07, 6.45) is 0.406. The van der Waals surface area contributed by atoms with Crippen LogP contribution in [0.3, 0.4) is 0 Å². The van der Waals surface area contributed by atoms with Gasteiger partial charge in [0.15, 0.2) is 0 Å². The van der Waals surface area contributed by atoms with E-state index in [1.165, 1.54) is 17.0 Å². The van der Waals surface area contributed by atoms with Crippen molar-refractivity contribution < 1.29 is 19.8 Å². The van der Waals surface area contributed by atoms with E-state index < -0.39 is 17.8 Å². The van der Waals surface area contributed by atoms with Crippen molar-refractivity contribution >= 4 is 17.6 Å². The summed E-state index contributed by atoms with van der Waals surface area (Å²) in [6, 6.07) is 6.40. The van der Waals surface area contributed by atoms with E-state index >= 15 is 0 Å². The lowest BCUT2D eigenvalue weighted by atomic mass is 10.2. The van der Waals surface area contributed by atoms with E-state index in [4.69, 9.17) is 5.11 Å². The molecule has 1 amide bonds. The first-order chi connectivity index (χ1) is 8.54. The monoisotopic (exact) mass is 249 g/mol. The number of hydrogen-bond donors (Lipinski definition) is 2. The van der Waals surface area contributed by atoms with Crippen LogP contribution in [0.15, 0.2) is 24.3 Å². The van der Waals surface area contributed by atoms with Gasteiger partial charge in [0.05, 0.1) is 11.8 Å². The quantitative estimate of drug-likeness (QED) is 0.847. The second-order valence-corrected chi connectivity index (χ2v) is 4.39. The Kier molecular flexibility index (Phi) is 3.23. The lowest BCUT2D eigenvalue weighted by molar-refractivity contribution is -0.140. The number of phenolic OH excluding ortho intramolecular Hbond substituents is 1. The zero-order chi connectivity index (χ0) is 13.3. The number of carbonyl (C=O) groups is 2. The Labute approximate surface area is 105 Å². The predicted molar refractivity (Wildman–Crippen MR) is 65.4 cm³/mol. The van der Waals surface area contributed by atoms with Crippen LogP contribution in [0.2, 0.25) is 0 Å². The molecule has 1 saturated carbocycles. The number of carboxylic acids is 1. The number of aliphatic carboxylic acids is 1. The van der Waals surface area contributed by atoms with Gasteiger partial charge >= 0.3 is 5.97 Å². The summed E-state index contributed by atoms with van der Waals surface area (Å²) in [7, 11) is 0. The molecule has 1 aromatic carbocycles. The molecule has 2 unspecified atom stereocenters. The summed E-state index contributed by atoms with van der Waals surface area (Å²) in [5.41, 5.74) is 0.596. The molecular weight excluding hydrogens is 234 g/mol. The number of rotatable bonds is 4. The van der Waals surface area contributed by atoms with E-state index in [2.05, 4.69) is 0 Å². The number of benzene rings is 1. The third kappa shape index (κ3) is 2.30. The van der Waals surface area contributed by atoms with Crippen LogP contribution in [0.4, 0.5) is 5.69 Å². The van der Waals surface area contributed by atoms with E-state index in [9.17, 15) is 14.7 Å². The average molecular weight is 249 g/mol. The minimum atomic E-state index is -0.916. The second kappa shape index (κ2) is 4.68. The van der Waals surface area contributed by atoms with E-state index in [1.54, 1.807) is 12.1 Å². The number of phenols is 1. The molecule has 0 heterocycles. The lowest BCUT2D eigenvalue weighted by Gasteiger charge is -2.21. The summed E-state index contributed by atoms with van der Waals surface area (Å²) in [5, 5.41) is 18.2. The largest absolute Gasteiger partial charge is 0.508 e. The zero-order valence-electron chi connectivity index (χ0n) is 10.0. The highest BCUT2D eigenvalue weighted by Gasteiger charge is 2.49. The molecule has 1 aliphatic rings. The van der Waals surface area contributed by atoms with Crippen molar-refractivity contribution in [2.24, 2.45) is 11.8 Å². The molecule has 5 heteroatoms. The van der Waals surface area contributed by atoms with Gasteiger partial charge in [-0.2, -0.15) is 0 Å². The maximum Gasteiger partial charge on any atom is 0.307 e. The Balaban J connectivity index is 2.15. The smallest absolute Gasteiger partial charge is 0.307 e. The number of hydrogen-bond acceptors (Lipinski definition) is 3. The SMILES string of the molecule is CCN(C(=O)C1CC1C(=O)O)c1cccc(O)c1. The lowest BCUT2D eigenvalue weighted by Crippen LogP contribution is -2.32. The fraction of sp³-hybridized carbons (Fsp3) is 0.385. The third-order valence-corrected chi connectivity index (χ3v) is 3.15. The molecule has 96 valence electrons. The molecule has 0 bridgehead atoms. The summed E-state index contributed by atoms with van der Waals surface area (Å²) < 4.78 is 0. The van der Waals surface area contributed by atoms with Gasteiger partial charge in [-0.3, -0.25) is 9.59 Å². The summed E-state index contributed by atoms with van der Waals surface area (Å²) in [5.74, 6) is -1.99. The van der Waals surface area contributed by atoms with Crippen LogP contribution in [0.1, 0.15) is 13.3 Å². The summed E-state index contributed by atoms with van der Waals surface area (Å²) in [6.45, 7) is 2.27. The van der Waals surface area contributed by atoms with E-state index in [-0.39, 0.29) is 11.7 Å². The highest BCUT2D eigenvalue weighted by atomic mass is 16.4. The minimum Gasteiger partial charge on any atom is -0.508 e. The van der Waals surface area contributed by atoms with Crippen LogP contribution in [-0.4, -0.2) is 28.6 Å². The molecule has 1 aromatic rings. The topological polar surface area (TPSA) is 77.8 Å². The van der Waals surface area contributed by atoms with Crippen LogP contribution in [0, 0.1) is 11.8 Å². The number of aromatic hydroxyl groups is 1. The first-order valence-electron chi connectivity index (χ1n) is 5.87. The van der Waals surface area contributed by atoms with Crippen molar-refractivity contribution in [3.05, 3.63) is 24.3 Å². The molecule has 0 spiro atoms. The van der Waals surface area contributed by atoms with Crippen LogP contribution >= 0.6 is 0 Å². The van der Waals surface area contributed by atoms with Crippen molar-refractivity contribution in [1.82, 2.24) is 0 Å². The van der Waals surface area contributed by atoms with Gasteiger partial charge in [0.1, 0.15) is 5.75 Å². The van der Waals surface area contributed by atoms with Crippen molar-refractivity contribution in [2.45, 2.75) is 13.3 Å². The average Bonchev–Trinajstić information content (AvgIpc) is 3.09. The normalized spacial score (nSPS) is 21.4. The van der Waals surface area contributed by atoms with Gasteiger partial charge in [-0.05, 0) is 25.5 Å². The number of nitrogens with zero attached hydrogens (tertiary/aromatic N) is 1. The van der Waals surface area contributed by atoms with Gasteiger partial charge in [-0.15, -0.1) is 0 Å². The maximum atomic E-state index is 12.1. The minimum absolute atomic E-state index is 0.0873. The van der Waals surface area contributed by atoms with Crippen molar-refractivity contribution in [1.29, 1.82) is 0 Å². The highest BCUT2D eigenvalue weighted by molar-refractivity contribution is 6.00. The van der Waals surface area contributed by atoms with Gasteiger partial charge in [-0.25, -0.2) is 0 Å². The molecule has 1 fully saturated rings. The molecule has 1 aliphatic carbocycles. The van der Waals surface area contributed by atoms with Gasteiger partial charge in [-0.1, -0.05) is 6.07 Å². The maximum absolute atomic E-state index is 12.1. The van der Waals surface area contributed by atoms with Crippen LogP contribution in [-0.2, 0) is 9.59 Å². The van der Waals surface area contributed by atoms with Gasteiger partial charge in [0, 0.05) is 18.3 Å². The van der Waals surface area contributed by atoms with Crippen molar-refractivity contribution in [3.8, 4) is 5.75 Å². The van der Waals surface area contributed by atoms with Crippen LogP contribution in [0.5, 0.6) is 5.75 Å². The molecule has 18 heavy (non-hydrogen) atoms. The highest BCUT2D eigenvalue weighted by Crippen LogP contribution is 2.41. The Morgan fingerprint density at radius 3 is 2.61 bits per heavy atom. The molecule has 2 atom stereocenters. The van der Waals surface area contributed by atoms with E-state index in [0.717, 1.165) is 0 Å². The zero-order valence-corrected chi connectivity index (χ0v) is 10.0.